The van der Waals surface area contributed by atoms with Crippen LogP contribution in [0.4, 0.5) is 17.1 Å². The van der Waals surface area contributed by atoms with Crippen molar-refractivity contribution in [2.24, 2.45) is 0 Å². The van der Waals surface area contributed by atoms with E-state index >= 15 is 0 Å². The van der Waals surface area contributed by atoms with Gasteiger partial charge in [0, 0.05) is 60.2 Å². The van der Waals surface area contributed by atoms with Gasteiger partial charge in [-0.05, 0) is 163 Å². The van der Waals surface area contributed by atoms with E-state index in [9.17, 15) is 0 Å². The molecule has 4 aromatic heterocycles. The molecule has 0 aliphatic heterocycles. The lowest BCUT2D eigenvalue weighted by Crippen LogP contribution is -2.09. The normalized spacial score (nSPS) is 12.3. The SMILES string of the molecule is c1ccc(-c2ccc(N(c3ccc4cc5c(cc4c3)oc3cc4c(cc35)oc3cc5ccccc5cc34)c3ccc4cc5c(cc4c3)oc3cc4c(cc35)oc3cc5ccccc5cc34)cc2)cc1. The first-order chi connectivity index (χ1) is 34.1. The van der Waals surface area contributed by atoms with Crippen LogP contribution in [0.2, 0.25) is 0 Å². The second kappa shape index (κ2) is 13.6. The molecule has 0 saturated heterocycles. The summed E-state index contributed by atoms with van der Waals surface area (Å²) < 4.78 is 26.3. The number of fused-ring (bicyclic) bond motifs is 16. The van der Waals surface area contributed by atoms with Crippen LogP contribution in [0.25, 0.3) is 142 Å². The summed E-state index contributed by atoms with van der Waals surface area (Å²) in [7, 11) is 0. The van der Waals surface area contributed by atoms with Crippen LogP contribution >= 0.6 is 0 Å². The molecule has 0 unspecified atom stereocenters. The standard InChI is InChI=1S/C64H35NO4/c1-2-8-36(9-3-1)37-14-18-46(19-15-37)65(47-20-16-42-26-51-55-34-61-53(32-63(55)68-59(51)30-44(42)22-47)49-24-38-10-4-6-12-40(38)28-57(49)66-61)48-21-17-43-27-52-56-35-62-54(33-64(56)69-60(52)31-45(43)23-48)50-25-39-11-5-7-13-41(39)29-58(50)67-62/h1-35H. The third kappa shape index (κ3) is 5.53. The minimum absolute atomic E-state index is 0.839. The molecule has 0 fully saturated rings. The fourth-order valence-corrected chi connectivity index (χ4v) is 11.1. The third-order valence-corrected chi connectivity index (χ3v) is 14.5. The molecule has 320 valence electrons. The first kappa shape index (κ1) is 36.8. The predicted molar refractivity (Wildman–Crippen MR) is 286 cm³/mol. The van der Waals surface area contributed by atoms with E-state index < -0.39 is 0 Å². The van der Waals surface area contributed by atoms with Gasteiger partial charge >= 0.3 is 0 Å². The van der Waals surface area contributed by atoms with E-state index in [0.717, 1.165) is 143 Å². The van der Waals surface area contributed by atoms with E-state index in [4.69, 9.17) is 17.7 Å². The van der Waals surface area contributed by atoms with E-state index in [1.54, 1.807) is 0 Å². The van der Waals surface area contributed by atoms with E-state index in [-0.39, 0.29) is 0 Å². The minimum atomic E-state index is 0.839. The molecule has 16 rings (SSSR count). The van der Waals surface area contributed by atoms with Gasteiger partial charge in [0.25, 0.3) is 0 Å². The smallest absolute Gasteiger partial charge is 0.136 e. The Bertz CT molecular complexity index is 4570. The number of hydrogen-bond donors (Lipinski definition) is 0. The highest BCUT2D eigenvalue weighted by Crippen LogP contribution is 2.44. The van der Waals surface area contributed by atoms with Gasteiger partial charge in [0.15, 0.2) is 0 Å². The zero-order chi connectivity index (χ0) is 44.9. The van der Waals surface area contributed by atoms with Crippen LogP contribution in [0.3, 0.4) is 0 Å². The summed E-state index contributed by atoms with van der Waals surface area (Å²) in [6, 6.07) is 75.7. The van der Waals surface area contributed by atoms with Gasteiger partial charge in [-0.15, -0.1) is 0 Å². The van der Waals surface area contributed by atoms with Crippen molar-refractivity contribution in [3.05, 3.63) is 212 Å². The topological polar surface area (TPSA) is 55.8 Å². The molecule has 69 heavy (non-hydrogen) atoms. The van der Waals surface area contributed by atoms with Gasteiger partial charge in [-0.3, -0.25) is 0 Å². The molecular weight excluding hydrogens is 847 g/mol. The van der Waals surface area contributed by atoms with E-state index in [1.165, 1.54) is 16.3 Å². The Hall–Kier alpha value is -9.32. The summed E-state index contributed by atoms with van der Waals surface area (Å²) in [4.78, 5) is 2.34. The van der Waals surface area contributed by atoms with Crippen LogP contribution in [-0.4, -0.2) is 0 Å². The highest BCUT2D eigenvalue weighted by atomic mass is 16.3. The van der Waals surface area contributed by atoms with E-state index in [0.29, 0.717) is 0 Å². The number of furan rings is 4. The van der Waals surface area contributed by atoms with Gasteiger partial charge in [0.05, 0.1) is 0 Å². The molecule has 5 heteroatoms. The summed E-state index contributed by atoms with van der Waals surface area (Å²) in [6.45, 7) is 0. The fraction of sp³-hybridized carbons (Fsp3) is 0. The van der Waals surface area contributed by atoms with E-state index in [1.807, 2.05) is 0 Å². The van der Waals surface area contributed by atoms with Gasteiger partial charge in [0.2, 0.25) is 0 Å². The lowest BCUT2D eigenvalue weighted by Gasteiger charge is -2.26. The summed E-state index contributed by atoms with van der Waals surface area (Å²) in [6.07, 6.45) is 0. The molecule has 0 radical (unpaired) electrons. The Balaban J connectivity index is 0.828. The second-order valence-corrected chi connectivity index (χ2v) is 18.5. The summed E-state index contributed by atoms with van der Waals surface area (Å²) in [5.74, 6) is 0. The Labute approximate surface area is 392 Å². The van der Waals surface area contributed by atoms with Crippen LogP contribution in [0.1, 0.15) is 0 Å². The maximum absolute atomic E-state index is 6.69. The number of rotatable bonds is 4. The van der Waals surface area contributed by atoms with Crippen LogP contribution in [0.15, 0.2) is 230 Å². The van der Waals surface area contributed by atoms with Gasteiger partial charge < -0.3 is 22.6 Å². The fourth-order valence-electron chi connectivity index (χ4n) is 11.1. The van der Waals surface area contributed by atoms with Crippen molar-refractivity contribution in [1.29, 1.82) is 0 Å². The highest BCUT2D eigenvalue weighted by molar-refractivity contribution is 6.20. The molecule has 4 heterocycles. The molecule has 16 aromatic rings. The van der Waals surface area contributed by atoms with Crippen molar-refractivity contribution in [1.82, 2.24) is 0 Å². The summed E-state index contributed by atoms with van der Waals surface area (Å²) >= 11 is 0. The van der Waals surface area contributed by atoms with Crippen molar-refractivity contribution in [3.63, 3.8) is 0 Å². The van der Waals surface area contributed by atoms with Crippen molar-refractivity contribution >= 4 is 148 Å². The van der Waals surface area contributed by atoms with Crippen LogP contribution in [0.5, 0.6) is 0 Å². The highest BCUT2D eigenvalue weighted by Gasteiger charge is 2.20. The van der Waals surface area contributed by atoms with Gasteiger partial charge in [0.1, 0.15) is 44.7 Å². The molecule has 0 atom stereocenters. The Kier molecular flexibility index (Phi) is 7.28. The molecule has 0 aliphatic rings. The summed E-state index contributed by atoms with van der Waals surface area (Å²) in [5, 5.41) is 17.6. The Morgan fingerprint density at radius 3 is 0.899 bits per heavy atom. The van der Waals surface area contributed by atoms with Crippen molar-refractivity contribution < 1.29 is 17.7 Å². The quantitative estimate of drug-likeness (QED) is 0.176. The van der Waals surface area contributed by atoms with Crippen molar-refractivity contribution in [2.45, 2.75) is 0 Å². The zero-order valence-electron chi connectivity index (χ0n) is 36.8. The number of nitrogens with zero attached hydrogens (tertiary/aromatic N) is 1. The van der Waals surface area contributed by atoms with Gasteiger partial charge in [-0.2, -0.15) is 0 Å². The Morgan fingerprint density at radius 2 is 0.493 bits per heavy atom. The number of hydrogen-bond acceptors (Lipinski definition) is 5. The van der Waals surface area contributed by atoms with Gasteiger partial charge in [-0.1, -0.05) is 103 Å². The molecule has 0 bridgehead atoms. The number of benzene rings is 12. The second-order valence-electron chi connectivity index (χ2n) is 18.5. The molecular formula is C64H35NO4. The molecule has 0 amide bonds. The van der Waals surface area contributed by atoms with Crippen molar-refractivity contribution in [3.8, 4) is 11.1 Å². The lowest BCUT2D eigenvalue weighted by molar-refractivity contribution is 0.664. The first-order valence-electron chi connectivity index (χ1n) is 23.3. The monoisotopic (exact) mass is 881 g/mol. The maximum atomic E-state index is 6.69. The lowest BCUT2D eigenvalue weighted by atomic mass is 10.0. The average molecular weight is 882 g/mol. The molecule has 0 spiro atoms. The molecule has 0 N–H and O–H groups in total. The minimum Gasteiger partial charge on any atom is -0.456 e. The van der Waals surface area contributed by atoms with Gasteiger partial charge in [-0.25, -0.2) is 0 Å². The average Bonchev–Trinajstić information content (AvgIpc) is 4.13. The maximum Gasteiger partial charge on any atom is 0.136 e. The van der Waals surface area contributed by atoms with Crippen LogP contribution in [-0.2, 0) is 0 Å². The number of anilines is 3. The van der Waals surface area contributed by atoms with Crippen LogP contribution < -0.4 is 4.90 Å². The Morgan fingerprint density at radius 1 is 0.203 bits per heavy atom. The molecule has 5 nitrogen and oxygen atoms in total. The predicted octanol–water partition coefficient (Wildman–Crippen LogP) is 19.0. The van der Waals surface area contributed by atoms with Crippen molar-refractivity contribution in [2.75, 3.05) is 4.90 Å². The largest absolute Gasteiger partial charge is 0.456 e. The zero-order valence-corrected chi connectivity index (χ0v) is 36.8. The first-order valence-corrected chi connectivity index (χ1v) is 23.3. The summed E-state index contributed by atoms with van der Waals surface area (Å²) in [5.41, 5.74) is 12.3. The third-order valence-electron chi connectivity index (χ3n) is 14.5. The molecule has 0 aliphatic carbocycles. The molecule has 0 saturated carbocycles. The van der Waals surface area contributed by atoms with E-state index in [2.05, 4.69) is 217 Å². The molecule has 12 aromatic carbocycles. The van der Waals surface area contributed by atoms with Crippen LogP contribution in [0, 0.1) is 0 Å².